The van der Waals surface area contributed by atoms with Gasteiger partial charge in [-0.2, -0.15) is 4.31 Å². The highest BCUT2D eigenvalue weighted by atomic mass is 32.2. The third kappa shape index (κ3) is 4.24. The Balaban J connectivity index is 2.07. The van der Waals surface area contributed by atoms with Gasteiger partial charge >= 0.3 is 0 Å². The predicted molar refractivity (Wildman–Crippen MR) is 80.2 cm³/mol. The first-order chi connectivity index (χ1) is 10.8. The number of piperazine rings is 1. The lowest BCUT2D eigenvalue weighted by Crippen LogP contribution is -2.50. The fraction of sp³-hybridized carbons (Fsp3) is 0.538. The Morgan fingerprint density at radius 1 is 1.35 bits per heavy atom. The lowest BCUT2D eigenvalue weighted by atomic mass is 10.3. The van der Waals surface area contributed by atoms with E-state index in [0.29, 0.717) is 13.1 Å². The van der Waals surface area contributed by atoms with Crippen LogP contribution >= 0.6 is 0 Å². The van der Waals surface area contributed by atoms with Crippen molar-refractivity contribution in [2.75, 3.05) is 39.3 Å². The number of aliphatic hydroxyl groups excluding tert-OH is 2. The Labute approximate surface area is 134 Å². The molecule has 2 N–H and O–H groups in total. The summed E-state index contributed by atoms with van der Waals surface area (Å²) in [6.45, 7) is 1.15. The van der Waals surface area contributed by atoms with Crippen LogP contribution < -0.4 is 0 Å². The van der Waals surface area contributed by atoms with Crippen LogP contribution in [0.5, 0.6) is 0 Å². The first kappa shape index (κ1) is 17.8. The van der Waals surface area contributed by atoms with E-state index in [1.165, 1.54) is 16.4 Å². The summed E-state index contributed by atoms with van der Waals surface area (Å²) in [6.07, 6.45) is -0.858. The van der Waals surface area contributed by atoms with E-state index < -0.39 is 21.1 Å². The van der Waals surface area contributed by atoms with Gasteiger partial charge in [0.2, 0.25) is 10.0 Å². The van der Waals surface area contributed by atoms with Crippen molar-refractivity contribution in [2.45, 2.75) is 11.0 Å². The number of nitro benzene ring substituents is 1. The van der Waals surface area contributed by atoms with Gasteiger partial charge in [0.25, 0.3) is 5.69 Å². The molecule has 0 aromatic heterocycles. The number of hydrogen-bond donors (Lipinski definition) is 2. The molecule has 0 spiro atoms. The van der Waals surface area contributed by atoms with Crippen molar-refractivity contribution < 1.29 is 23.6 Å². The van der Waals surface area contributed by atoms with Crippen molar-refractivity contribution in [3.05, 3.63) is 34.4 Å². The molecule has 1 unspecified atom stereocenters. The van der Waals surface area contributed by atoms with Gasteiger partial charge in [0.05, 0.1) is 22.5 Å². The van der Waals surface area contributed by atoms with Crippen LogP contribution in [0.1, 0.15) is 0 Å². The van der Waals surface area contributed by atoms with Crippen LogP contribution in [-0.2, 0) is 10.0 Å². The van der Waals surface area contributed by atoms with Gasteiger partial charge in [-0.1, -0.05) is 0 Å². The number of rotatable bonds is 6. The van der Waals surface area contributed by atoms with Crippen molar-refractivity contribution >= 4 is 15.7 Å². The van der Waals surface area contributed by atoms with Crippen LogP contribution in [0.2, 0.25) is 0 Å². The highest BCUT2D eigenvalue weighted by molar-refractivity contribution is 7.89. The number of β-amino-alcohol motifs (C(OH)–C–C–N with tert-alkyl or cyclic N) is 1. The number of sulfonamides is 1. The zero-order chi connectivity index (χ0) is 17.0. The molecule has 10 heteroatoms. The highest BCUT2D eigenvalue weighted by Crippen LogP contribution is 2.21. The minimum atomic E-state index is -3.84. The number of non-ortho nitro benzene ring substituents is 1. The van der Waals surface area contributed by atoms with Gasteiger partial charge in [-0.3, -0.25) is 15.0 Å². The standard InChI is InChI=1S/C13H18N3O6S/c17-10-12(18)9-14-4-6-15(7-5-14)23(21,22)13-3-1-2-11(8-13)16(19)20/h1-2,8,12,17-18H,4-7,9-10H2. The number of nitro groups is 1. The SMILES string of the molecule is O=[N+]([O-])c1cc[c]c(S(=O)(=O)N2CCN(CC(O)CO)CC2)c1. The monoisotopic (exact) mass is 344 g/mol. The third-order valence-electron chi connectivity index (χ3n) is 3.60. The van der Waals surface area contributed by atoms with Crippen molar-refractivity contribution in [3.8, 4) is 0 Å². The Morgan fingerprint density at radius 3 is 2.57 bits per heavy atom. The Kier molecular flexibility index (Phi) is 5.65. The maximum Gasteiger partial charge on any atom is 0.270 e. The summed E-state index contributed by atoms with van der Waals surface area (Å²) >= 11 is 0. The summed E-state index contributed by atoms with van der Waals surface area (Å²) in [4.78, 5) is 11.7. The average Bonchev–Trinajstić information content (AvgIpc) is 2.55. The third-order valence-corrected chi connectivity index (χ3v) is 5.43. The van der Waals surface area contributed by atoms with E-state index in [0.717, 1.165) is 6.07 Å². The fourth-order valence-corrected chi connectivity index (χ4v) is 3.75. The van der Waals surface area contributed by atoms with E-state index in [1.54, 1.807) is 0 Å². The zero-order valence-electron chi connectivity index (χ0n) is 12.3. The van der Waals surface area contributed by atoms with E-state index in [2.05, 4.69) is 6.07 Å². The van der Waals surface area contributed by atoms with Crippen molar-refractivity contribution in [3.63, 3.8) is 0 Å². The molecule has 1 aliphatic rings. The molecule has 0 saturated carbocycles. The van der Waals surface area contributed by atoms with Crippen molar-refractivity contribution in [2.24, 2.45) is 0 Å². The summed E-state index contributed by atoms with van der Waals surface area (Å²) in [5.74, 6) is 0. The quantitative estimate of drug-likeness (QED) is 0.504. The van der Waals surface area contributed by atoms with Crippen LogP contribution in [0, 0.1) is 16.2 Å². The molecule has 2 rings (SSSR count). The molecule has 1 heterocycles. The number of hydrogen-bond acceptors (Lipinski definition) is 7. The summed E-state index contributed by atoms with van der Waals surface area (Å²) < 4.78 is 26.3. The minimum absolute atomic E-state index is 0.205. The van der Waals surface area contributed by atoms with E-state index in [9.17, 15) is 23.6 Å². The molecular formula is C13H18N3O6S. The molecule has 0 aliphatic carbocycles. The van der Waals surface area contributed by atoms with Crippen LogP contribution in [0.15, 0.2) is 23.1 Å². The molecule has 23 heavy (non-hydrogen) atoms. The van der Waals surface area contributed by atoms with Gasteiger partial charge in [0.15, 0.2) is 0 Å². The lowest BCUT2D eigenvalue weighted by molar-refractivity contribution is -0.385. The molecule has 1 radical (unpaired) electrons. The Hall–Kier alpha value is -1.59. The second kappa shape index (κ2) is 7.32. The van der Waals surface area contributed by atoms with Crippen LogP contribution in [0.3, 0.4) is 0 Å². The maximum atomic E-state index is 12.5. The van der Waals surface area contributed by atoms with Crippen molar-refractivity contribution in [1.82, 2.24) is 9.21 Å². The molecule has 1 fully saturated rings. The maximum absolute atomic E-state index is 12.5. The number of aliphatic hydroxyl groups is 2. The summed E-state index contributed by atoms with van der Waals surface area (Å²) in [5.41, 5.74) is -0.299. The van der Waals surface area contributed by atoms with E-state index in [4.69, 9.17) is 5.11 Å². The first-order valence-electron chi connectivity index (χ1n) is 7.02. The molecule has 1 aromatic rings. The first-order valence-corrected chi connectivity index (χ1v) is 8.46. The zero-order valence-corrected chi connectivity index (χ0v) is 13.1. The Bertz CT molecular complexity index is 657. The van der Waals surface area contributed by atoms with Crippen LogP contribution in [0.4, 0.5) is 5.69 Å². The molecular weight excluding hydrogens is 326 g/mol. The van der Waals surface area contributed by atoms with Gasteiger partial charge in [0, 0.05) is 50.9 Å². The van der Waals surface area contributed by atoms with Crippen LogP contribution in [0.25, 0.3) is 0 Å². The molecule has 0 bridgehead atoms. The second-order valence-corrected chi connectivity index (χ2v) is 7.12. The van der Waals surface area contributed by atoms with Gasteiger partial charge in [-0.25, -0.2) is 8.42 Å². The van der Waals surface area contributed by atoms with E-state index >= 15 is 0 Å². The van der Waals surface area contributed by atoms with Crippen LogP contribution in [-0.4, -0.2) is 78.2 Å². The molecule has 9 nitrogen and oxygen atoms in total. The van der Waals surface area contributed by atoms with Gasteiger partial charge in [-0.15, -0.1) is 0 Å². The molecule has 127 valence electrons. The molecule has 1 aliphatic heterocycles. The second-order valence-electron chi connectivity index (χ2n) is 5.21. The van der Waals surface area contributed by atoms with E-state index in [1.807, 2.05) is 4.90 Å². The molecule has 1 aromatic carbocycles. The molecule has 0 amide bonds. The lowest BCUT2D eigenvalue weighted by Gasteiger charge is -2.34. The normalized spacial score (nSPS) is 18.7. The van der Waals surface area contributed by atoms with Gasteiger partial charge in [-0.05, 0) is 6.07 Å². The molecule has 1 atom stereocenters. The largest absolute Gasteiger partial charge is 0.394 e. The molecule has 1 saturated heterocycles. The highest BCUT2D eigenvalue weighted by Gasteiger charge is 2.30. The summed E-state index contributed by atoms with van der Waals surface area (Å²) in [5, 5.41) is 29.0. The van der Waals surface area contributed by atoms with Gasteiger partial charge in [0.1, 0.15) is 0 Å². The number of nitrogens with zero attached hydrogens (tertiary/aromatic N) is 3. The average molecular weight is 344 g/mol. The fourth-order valence-electron chi connectivity index (χ4n) is 2.34. The smallest absolute Gasteiger partial charge is 0.270 e. The van der Waals surface area contributed by atoms with Crippen molar-refractivity contribution in [1.29, 1.82) is 0 Å². The number of benzene rings is 1. The Morgan fingerprint density at radius 2 is 2.00 bits per heavy atom. The predicted octanol–water partition coefficient (Wildman–Crippen LogP) is -0.946. The minimum Gasteiger partial charge on any atom is -0.394 e. The van der Waals surface area contributed by atoms with E-state index in [-0.39, 0.29) is 36.8 Å². The summed E-state index contributed by atoms with van der Waals surface area (Å²) in [6, 6.07) is 5.94. The van der Waals surface area contributed by atoms with Gasteiger partial charge < -0.3 is 10.2 Å². The topological polar surface area (TPSA) is 124 Å². The summed E-state index contributed by atoms with van der Waals surface area (Å²) in [7, 11) is -3.84.